The van der Waals surface area contributed by atoms with Crippen LogP contribution in [0.5, 0.6) is 0 Å². The van der Waals surface area contributed by atoms with Crippen molar-refractivity contribution >= 4 is 35.4 Å². The zero-order valence-corrected chi connectivity index (χ0v) is 37.5. The van der Waals surface area contributed by atoms with Gasteiger partial charge in [0.05, 0.1) is 23.7 Å². The van der Waals surface area contributed by atoms with Crippen molar-refractivity contribution < 1.29 is 28.8 Å². The SMILES string of the molecule is O=C(NC1C[C@@H]1c1cccnc1)[C@@H]1CN(C(=O)c2ccc(C(=O)N3C[C@@H](C(=O)N[C@H]4C[C@@H]4c4ccccc4)[C@H](C(=O)N[C@H]4C[C@@H]4c4ccccc4)C3)cc2)C[C@H]1C(=O)N[C@H]1C[C@@H]1c1cccnc1. The normalized spacial score (nSPS) is 29.6. The van der Waals surface area contributed by atoms with Gasteiger partial charge in [0.1, 0.15) is 0 Å². The van der Waals surface area contributed by atoms with Crippen molar-refractivity contribution in [1.82, 2.24) is 41.0 Å². The predicted molar refractivity (Wildman–Crippen MR) is 251 cm³/mol. The van der Waals surface area contributed by atoms with Crippen molar-refractivity contribution in [2.24, 2.45) is 23.7 Å². The van der Waals surface area contributed by atoms with Crippen LogP contribution >= 0.6 is 0 Å². The molecule has 68 heavy (non-hydrogen) atoms. The molecule has 12 atom stereocenters. The van der Waals surface area contributed by atoms with E-state index in [4.69, 9.17) is 0 Å². The van der Waals surface area contributed by atoms with Gasteiger partial charge in [-0.15, -0.1) is 0 Å². The van der Waals surface area contributed by atoms with Crippen LogP contribution in [-0.4, -0.2) is 106 Å². The topological polar surface area (TPSA) is 183 Å². The van der Waals surface area contributed by atoms with Gasteiger partial charge in [0.25, 0.3) is 11.8 Å². The van der Waals surface area contributed by atoms with Gasteiger partial charge in [-0.1, -0.05) is 72.8 Å². The largest absolute Gasteiger partial charge is 0.352 e. The molecule has 14 heteroatoms. The van der Waals surface area contributed by atoms with Crippen LogP contribution in [0.25, 0.3) is 0 Å². The molecule has 3 aromatic carbocycles. The summed E-state index contributed by atoms with van der Waals surface area (Å²) in [5.41, 5.74) is 5.03. The number of nitrogens with zero attached hydrogens (tertiary/aromatic N) is 4. The Labute approximate surface area is 394 Å². The molecular formula is C54H54N8O6. The number of hydrogen-bond donors (Lipinski definition) is 4. The van der Waals surface area contributed by atoms with Gasteiger partial charge in [-0.25, -0.2) is 0 Å². The highest BCUT2D eigenvalue weighted by Gasteiger charge is 2.51. The van der Waals surface area contributed by atoms with Gasteiger partial charge in [-0.3, -0.25) is 38.7 Å². The third-order valence-corrected chi connectivity index (χ3v) is 15.1. The molecule has 0 bridgehead atoms. The first-order valence-electron chi connectivity index (χ1n) is 24.0. The number of aromatic nitrogens is 2. The molecule has 1 unspecified atom stereocenters. The van der Waals surface area contributed by atoms with Gasteiger partial charge in [-0.05, 0) is 84.3 Å². The zero-order valence-electron chi connectivity index (χ0n) is 37.5. The average molecular weight is 911 g/mol. The lowest BCUT2D eigenvalue weighted by atomic mass is 9.94. The van der Waals surface area contributed by atoms with E-state index in [1.165, 1.54) is 0 Å². The van der Waals surface area contributed by atoms with Gasteiger partial charge in [0.2, 0.25) is 23.6 Å². The van der Waals surface area contributed by atoms with E-state index in [1.807, 2.05) is 60.7 Å². The Balaban J connectivity index is 0.756. The van der Waals surface area contributed by atoms with E-state index in [0.29, 0.717) is 11.1 Å². The van der Waals surface area contributed by atoms with E-state index in [0.717, 1.165) is 47.9 Å². The Kier molecular flexibility index (Phi) is 11.5. The Bertz CT molecular complexity index is 2370. The number of pyridine rings is 2. The Morgan fingerprint density at radius 1 is 0.382 bits per heavy atom. The number of likely N-dealkylation sites (tertiary alicyclic amines) is 2. The van der Waals surface area contributed by atoms with Gasteiger partial charge in [0, 0.05) is 110 Å². The number of carbonyl (C=O) groups is 6. The van der Waals surface area contributed by atoms with E-state index in [1.54, 1.807) is 58.9 Å². The molecule has 4 saturated carbocycles. The summed E-state index contributed by atoms with van der Waals surface area (Å²) in [6, 6.07) is 33.9. The van der Waals surface area contributed by atoms with Gasteiger partial charge in [0.15, 0.2) is 0 Å². The maximum atomic E-state index is 14.2. The maximum Gasteiger partial charge on any atom is 0.253 e. The van der Waals surface area contributed by atoms with Gasteiger partial charge < -0.3 is 31.1 Å². The molecule has 6 amide bonds. The fraction of sp³-hybridized carbons (Fsp3) is 0.370. The highest BCUT2D eigenvalue weighted by atomic mass is 16.2. The van der Waals surface area contributed by atoms with Crippen molar-refractivity contribution in [3.05, 3.63) is 167 Å². The number of benzene rings is 3. The van der Waals surface area contributed by atoms with E-state index in [-0.39, 0.29) is 109 Å². The average Bonchev–Trinajstić information content (AvgIpc) is 4.31. The third kappa shape index (κ3) is 9.11. The van der Waals surface area contributed by atoms with Gasteiger partial charge >= 0.3 is 0 Å². The molecule has 4 heterocycles. The lowest BCUT2D eigenvalue weighted by Gasteiger charge is -2.18. The number of nitrogens with one attached hydrogen (secondary N) is 4. The lowest BCUT2D eigenvalue weighted by molar-refractivity contribution is -0.133. The van der Waals surface area contributed by atoms with Gasteiger partial charge in [-0.2, -0.15) is 0 Å². The van der Waals surface area contributed by atoms with Crippen molar-refractivity contribution in [2.75, 3.05) is 26.2 Å². The van der Waals surface area contributed by atoms with Crippen LogP contribution in [0.1, 0.15) is 92.3 Å². The molecule has 11 rings (SSSR count). The second-order valence-electron chi connectivity index (χ2n) is 19.6. The predicted octanol–water partition coefficient (Wildman–Crippen LogP) is 4.54. The van der Waals surface area contributed by atoms with E-state index in [9.17, 15) is 28.8 Å². The fourth-order valence-corrected chi connectivity index (χ4v) is 10.8. The minimum atomic E-state index is -0.760. The smallest absolute Gasteiger partial charge is 0.253 e. The third-order valence-electron chi connectivity index (χ3n) is 15.1. The van der Waals surface area contributed by atoms with Crippen LogP contribution in [0, 0.1) is 23.7 Å². The molecule has 0 spiro atoms. The van der Waals surface area contributed by atoms with Crippen LogP contribution in [0.15, 0.2) is 134 Å². The number of rotatable bonds is 14. The molecule has 6 fully saturated rings. The van der Waals surface area contributed by atoms with Crippen molar-refractivity contribution in [1.29, 1.82) is 0 Å². The molecule has 5 aromatic rings. The summed E-state index contributed by atoms with van der Waals surface area (Å²) in [5.74, 6) is -3.98. The molecule has 14 nitrogen and oxygen atoms in total. The minimum Gasteiger partial charge on any atom is -0.352 e. The van der Waals surface area contributed by atoms with Crippen LogP contribution in [-0.2, 0) is 19.2 Å². The monoisotopic (exact) mass is 910 g/mol. The summed E-state index contributed by atoms with van der Waals surface area (Å²) in [6.07, 6.45) is 10.2. The summed E-state index contributed by atoms with van der Waals surface area (Å²) in [4.78, 5) is 95.8. The first-order valence-corrected chi connectivity index (χ1v) is 24.0. The second-order valence-corrected chi connectivity index (χ2v) is 19.6. The summed E-state index contributed by atoms with van der Waals surface area (Å²) >= 11 is 0. The molecule has 4 aliphatic carbocycles. The fourth-order valence-electron chi connectivity index (χ4n) is 10.8. The summed E-state index contributed by atoms with van der Waals surface area (Å²) < 4.78 is 0. The second kappa shape index (κ2) is 18.1. The lowest BCUT2D eigenvalue weighted by Crippen LogP contribution is -2.43. The highest BCUT2D eigenvalue weighted by Crippen LogP contribution is 2.44. The number of carbonyl (C=O) groups excluding carboxylic acids is 6. The van der Waals surface area contributed by atoms with Crippen molar-refractivity contribution in [3.8, 4) is 0 Å². The summed E-state index contributed by atoms with van der Waals surface area (Å²) in [5, 5.41) is 12.7. The van der Waals surface area contributed by atoms with Crippen molar-refractivity contribution in [3.63, 3.8) is 0 Å². The van der Waals surface area contributed by atoms with E-state index >= 15 is 0 Å². The molecule has 2 saturated heterocycles. The molecule has 6 aliphatic rings. The molecular weight excluding hydrogens is 857 g/mol. The summed E-state index contributed by atoms with van der Waals surface area (Å²) in [7, 11) is 0. The van der Waals surface area contributed by atoms with E-state index < -0.39 is 23.7 Å². The Morgan fingerprint density at radius 2 is 0.676 bits per heavy atom. The Morgan fingerprint density at radius 3 is 0.971 bits per heavy atom. The Hall–Kier alpha value is -7.22. The quantitative estimate of drug-likeness (QED) is 0.125. The molecule has 2 aliphatic heterocycles. The zero-order chi connectivity index (χ0) is 46.5. The van der Waals surface area contributed by atoms with Crippen LogP contribution in [0.3, 0.4) is 0 Å². The maximum absolute atomic E-state index is 14.2. The van der Waals surface area contributed by atoms with Crippen LogP contribution in [0.2, 0.25) is 0 Å². The molecule has 346 valence electrons. The minimum absolute atomic E-state index is 0.0369. The standard InChI is InChI=1S/C54H54N8O6/c63-49(57-45-21-37(45)31-9-3-1-4-10-31)41-27-61(28-42(41)50(64)58-46-22-38(46)32-11-5-2-6-12-32)53(67)33-15-17-34(18-16-33)54(68)62-29-43(51(65)59-47-23-39(47)35-13-7-19-55-25-35)44(30-62)52(66)60-48-24-40(48)36-14-8-20-56-26-36/h1-20,25-26,37-48H,21-24,27-30H2,(H,57,63)(H,58,64)(H,59,65)(H,60,66)/t37-,38-,39-,40-,41-,42-,43-,44-,45+,46+,47+,48?/m1/s1. The summed E-state index contributed by atoms with van der Waals surface area (Å²) in [6.45, 7) is 0.274. The molecule has 4 N–H and O–H groups in total. The van der Waals surface area contributed by atoms with Crippen LogP contribution < -0.4 is 21.3 Å². The van der Waals surface area contributed by atoms with Crippen molar-refractivity contribution in [2.45, 2.75) is 73.5 Å². The first-order chi connectivity index (χ1) is 33.2. The number of amides is 6. The van der Waals surface area contributed by atoms with E-state index in [2.05, 4.69) is 55.5 Å². The first kappa shape index (κ1) is 43.4. The molecule has 0 radical (unpaired) electrons. The number of hydrogen-bond acceptors (Lipinski definition) is 8. The van der Waals surface area contributed by atoms with Crippen LogP contribution in [0.4, 0.5) is 0 Å². The molecule has 2 aromatic heterocycles. The highest BCUT2D eigenvalue weighted by molar-refractivity contribution is 6.00.